The molecule has 3 rings (SSSR count). The van der Waals surface area contributed by atoms with Gasteiger partial charge in [0.2, 0.25) is 21.8 Å². The van der Waals surface area contributed by atoms with Crippen molar-refractivity contribution in [3.8, 4) is 0 Å². The molecule has 0 aliphatic heterocycles. The third-order valence-corrected chi connectivity index (χ3v) is 8.21. The van der Waals surface area contributed by atoms with Crippen LogP contribution in [0.1, 0.15) is 42.0 Å². The van der Waals surface area contributed by atoms with Gasteiger partial charge in [-0.3, -0.25) is 13.9 Å². The lowest BCUT2D eigenvalue weighted by Crippen LogP contribution is -2.53. The molecule has 40 heavy (non-hydrogen) atoms. The van der Waals surface area contributed by atoms with Crippen molar-refractivity contribution in [3.63, 3.8) is 0 Å². The Balaban J connectivity index is 2.07. The molecule has 0 saturated heterocycles. The van der Waals surface area contributed by atoms with Crippen LogP contribution >= 0.6 is 11.6 Å². The average molecular weight is 584 g/mol. The highest BCUT2D eigenvalue weighted by molar-refractivity contribution is 7.92. The molecule has 0 unspecified atom stereocenters. The fraction of sp³-hybridized carbons (Fsp3) is 0.355. The fourth-order valence-corrected chi connectivity index (χ4v) is 5.55. The van der Waals surface area contributed by atoms with E-state index >= 15 is 0 Å². The van der Waals surface area contributed by atoms with Crippen LogP contribution in [-0.4, -0.2) is 50.5 Å². The van der Waals surface area contributed by atoms with Gasteiger partial charge in [-0.1, -0.05) is 85.6 Å². The fourth-order valence-electron chi connectivity index (χ4n) is 4.45. The van der Waals surface area contributed by atoms with Crippen molar-refractivity contribution in [1.82, 2.24) is 10.2 Å². The topological polar surface area (TPSA) is 86.8 Å². The first kappa shape index (κ1) is 31.2. The van der Waals surface area contributed by atoms with Gasteiger partial charge in [0.15, 0.2) is 0 Å². The number of rotatable bonds is 13. The Labute approximate surface area is 243 Å². The van der Waals surface area contributed by atoms with E-state index in [0.717, 1.165) is 40.1 Å². The zero-order valence-corrected chi connectivity index (χ0v) is 25.1. The predicted molar refractivity (Wildman–Crippen MR) is 162 cm³/mol. The molecular weight excluding hydrogens is 546 g/mol. The van der Waals surface area contributed by atoms with Crippen molar-refractivity contribution in [2.75, 3.05) is 23.7 Å². The van der Waals surface area contributed by atoms with Crippen LogP contribution in [0.5, 0.6) is 0 Å². The lowest BCUT2D eigenvalue weighted by molar-refractivity contribution is -0.140. The van der Waals surface area contributed by atoms with Crippen LogP contribution in [0.25, 0.3) is 0 Å². The van der Waals surface area contributed by atoms with Crippen molar-refractivity contribution in [1.29, 1.82) is 0 Å². The van der Waals surface area contributed by atoms with Gasteiger partial charge in [-0.25, -0.2) is 8.42 Å². The number of aryl methyl sites for hydroxylation is 2. The van der Waals surface area contributed by atoms with Crippen LogP contribution in [0.4, 0.5) is 5.69 Å². The van der Waals surface area contributed by atoms with Crippen molar-refractivity contribution >= 4 is 39.1 Å². The molecule has 214 valence electrons. The summed E-state index contributed by atoms with van der Waals surface area (Å²) in [6.07, 6.45) is 3.05. The second kappa shape index (κ2) is 14.3. The first-order valence-corrected chi connectivity index (χ1v) is 15.6. The number of unbranched alkanes of at least 4 members (excludes halogenated alkanes) is 1. The van der Waals surface area contributed by atoms with Crippen LogP contribution < -0.4 is 9.62 Å². The SMILES string of the molecule is CCCCNC(=O)[C@@H](Cc1ccccc1)N(Cc1ccccc1Cl)C(=O)CN(c1cc(C)ccc1C)S(C)(=O)=O. The molecule has 0 aromatic heterocycles. The molecule has 0 heterocycles. The van der Waals surface area contributed by atoms with Gasteiger partial charge >= 0.3 is 0 Å². The molecule has 7 nitrogen and oxygen atoms in total. The Hall–Kier alpha value is -3.36. The number of halogens is 1. The number of hydrogen-bond donors (Lipinski definition) is 1. The highest BCUT2D eigenvalue weighted by Gasteiger charge is 2.33. The molecule has 0 saturated carbocycles. The molecule has 1 atom stereocenters. The van der Waals surface area contributed by atoms with Gasteiger partial charge in [-0.05, 0) is 54.7 Å². The van der Waals surface area contributed by atoms with Gasteiger partial charge in [0.1, 0.15) is 12.6 Å². The predicted octanol–water partition coefficient (Wildman–Crippen LogP) is 5.28. The molecule has 0 aliphatic carbocycles. The normalized spacial score (nSPS) is 12.0. The third-order valence-electron chi connectivity index (χ3n) is 6.71. The summed E-state index contributed by atoms with van der Waals surface area (Å²) in [4.78, 5) is 29.2. The van der Waals surface area contributed by atoms with E-state index in [9.17, 15) is 18.0 Å². The van der Waals surface area contributed by atoms with Crippen LogP contribution in [0.2, 0.25) is 5.02 Å². The lowest BCUT2D eigenvalue weighted by Gasteiger charge is -2.34. The number of nitrogens with one attached hydrogen (secondary N) is 1. The van der Waals surface area contributed by atoms with Crippen LogP contribution in [0, 0.1) is 13.8 Å². The standard InChI is InChI=1S/C31H38ClN3O4S/c1-5-6-18-33-31(37)29(20-25-12-8-7-9-13-25)34(21-26-14-10-11-15-27(26)32)30(36)22-35(40(4,38)39)28-19-23(2)16-17-24(28)3/h7-17,19,29H,5-6,18,20-22H2,1-4H3,(H,33,37)/t29-/m1/s1. The quantitative estimate of drug-likeness (QED) is 0.277. The number of carbonyl (C=O) groups excluding carboxylic acids is 2. The Morgan fingerprint density at radius 2 is 1.65 bits per heavy atom. The molecule has 9 heteroatoms. The largest absolute Gasteiger partial charge is 0.354 e. The Bertz CT molecular complexity index is 1410. The number of hydrogen-bond acceptors (Lipinski definition) is 4. The Morgan fingerprint density at radius 1 is 0.975 bits per heavy atom. The summed E-state index contributed by atoms with van der Waals surface area (Å²) in [7, 11) is -3.83. The molecule has 3 aromatic rings. The molecule has 0 fully saturated rings. The maximum atomic E-state index is 14.1. The van der Waals surface area contributed by atoms with Crippen molar-refractivity contribution in [2.24, 2.45) is 0 Å². The third kappa shape index (κ3) is 8.57. The van der Waals surface area contributed by atoms with Gasteiger partial charge in [-0.15, -0.1) is 0 Å². The summed E-state index contributed by atoms with van der Waals surface area (Å²) >= 11 is 6.49. The number of nitrogens with zero attached hydrogens (tertiary/aromatic N) is 2. The Kier molecular flexibility index (Phi) is 11.2. The van der Waals surface area contributed by atoms with Crippen molar-refractivity contribution in [3.05, 3.63) is 100 Å². The van der Waals surface area contributed by atoms with E-state index in [2.05, 4.69) is 5.32 Å². The van der Waals surface area contributed by atoms with Gasteiger partial charge in [0, 0.05) is 24.5 Å². The van der Waals surface area contributed by atoms with Crippen LogP contribution in [0.15, 0.2) is 72.8 Å². The summed E-state index contributed by atoms with van der Waals surface area (Å²) in [5, 5.41) is 3.43. The highest BCUT2D eigenvalue weighted by atomic mass is 35.5. The maximum Gasteiger partial charge on any atom is 0.244 e. The van der Waals surface area contributed by atoms with E-state index in [1.165, 1.54) is 4.90 Å². The van der Waals surface area contributed by atoms with E-state index in [1.54, 1.807) is 31.2 Å². The Morgan fingerprint density at radius 3 is 2.30 bits per heavy atom. The summed E-state index contributed by atoms with van der Waals surface area (Å²) in [6, 6.07) is 21.2. The van der Waals surface area contributed by atoms with E-state index < -0.39 is 28.5 Å². The number of sulfonamides is 1. The highest BCUT2D eigenvalue weighted by Crippen LogP contribution is 2.26. The van der Waals surface area contributed by atoms with E-state index in [4.69, 9.17) is 11.6 Å². The van der Waals surface area contributed by atoms with Gasteiger partial charge < -0.3 is 10.2 Å². The molecule has 3 aromatic carbocycles. The van der Waals surface area contributed by atoms with Gasteiger partial charge in [-0.2, -0.15) is 0 Å². The number of anilines is 1. The summed E-state index contributed by atoms with van der Waals surface area (Å²) in [5.74, 6) is -0.798. The van der Waals surface area contributed by atoms with Gasteiger partial charge in [0.25, 0.3) is 0 Å². The summed E-state index contributed by atoms with van der Waals surface area (Å²) in [5.41, 5.74) is 3.56. The second-order valence-electron chi connectivity index (χ2n) is 10.0. The first-order chi connectivity index (χ1) is 19.0. The molecule has 0 aliphatic rings. The van der Waals surface area contributed by atoms with E-state index in [1.807, 2.05) is 62.4 Å². The summed E-state index contributed by atoms with van der Waals surface area (Å²) in [6.45, 7) is 5.77. The zero-order chi connectivity index (χ0) is 29.3. The molecular formula is C31H38ClN3O4S. The molecule has 0 spiro atoms. The second-order valence-corrected chi connectivity index (χ2v) is 12.3. The van der Waals surface area contributed by atoms with E-state index in [-0.39, 0.29) is 18.9 Å². The molecule has 1 N–H and O–H groups in total. The zero-order valence-electron chi connectivity index (χ0n) is 23.6. The smallest absolute Gasteiger partial charge is 0.244 e. The first-order valence-electron chi connectivity index (χ1n) is 13.4. The molecule has 0 bridgehead atoms. The lowest BCUT2D eigenvalue weighted by atomic mass is 10.0. The minimum Gasteiger partial charge on any atom is -0.354 e. The minimum atomic E-state index is -3.83. The van der Waals surface area contributed by atoms with Crippen LogP contribution in [0.3, 0.4) is 0 Å². The monoisotopic (exact) mass is 583 g/mol. The average Bonchev–Trinajstić information content (AvgIpc) is 2.91. The van der Waals surface area contributed by atoms with Gasteiger partial charge in [0.05, 0.1) is 11.9 Å². The van der Waals surface area contributed by atoms with Crippen LogP contribution in [-0.2, 0) is 32.6 Å². The number of carbonyl (C=O) groups is 2. The number of amides is 2. The molecule has 2 amide bonds. The van der Waals surface area contributed by atoms with Crippen molar-refractivity contribution < 1.29 is 18.0 Å². The maximum absolute atomic E-state index is 14.1. The van der Waals surface area contributed by atoms with E-state index in [0.29, 0.717) is 22.8 Å². The molecule has 0 radical (unpaired) electrons. The number of benzene rings is 3. The minimum absolute atomic E-state index is 0.0433. The summed E-state index contributed by atoms with van der Waals surface area (Å²) < 4.78 is 27.1. The van der Waals surface area contributed by atoms with Crippen molar-refractivity contribution in [2.45, 2.75) is 52.6 Å².